The molecule has 1 aliphatic heterocycles. The van der Waals surface area contributed by atoms with Crippen LogP contribution in [0.15, 0.2) is 4.99 Å². The molecule has 1 saturated heterocycles. The van der Waals surface area contributed by atoms with Crippen LogP contribution in [0.5, 0.6) is 0 Å². The quantitative estimate of drug-likeness (QED) is 0.428. The molecule has 1 amide bonds. The number of likely N-dealkylation sites (N-methyl/N-ethyl adjacent to an activating group) is 1. The van der Waals surface area contributed by atoms with Gasteiger partial charge in [-0.1, -0.05) is 27.7 Å². The summed E-state index contributed by atoms with van der Waals surface area (Å²) in [4.78, 5) is 20.2. The average Bonchev–Trinajstić information content (AvgIpc) is 2.41. The molecular weight excluding hydrogens is 391 g/mol. The van der Waals surface area contributed by atoms with Gasteiger partial charge < -0.3 is 15.1 Å². The summed E-state index contributed by atoms with van der Waals surface area (Å²) in [6, 6.07) is 0. The van der Waals surface area contributed by atoms with Gasteiger partial charge in [0.05, 0.1) is 0 Å². The number of piperidine rings is 1. The molecule has 1 rings (SSSR count). The second-order valence-electron chi connectivity index (χ2n) is 6.89. The number of rotatable bonds is 4. The largest absolute Gasteiger partial charge is 0.356 e. The number of guanidine groups is 1. The molecule has 0 aromatic carbocycles. The SMILES string of the molecule is CC(C)CNC(=NCC(=O)N(C)C)N1CCC(C)C(C)C1.I. The standard InChI is InChI=1S/C16H32N4O.HI/c1-12(2)9-17-16(18-10-15(21)19(5)6)20-8-7-13(3)14(4)11-20;/h12-14H,7-11H2,1-6H3,(H,17,18);1H. The van der Waals surface area contributed by atoms with Crippen molar-refractivity contribution >= 4 is 35.8 Å². The lowest BCUT2D eigenvalue weighted by Gasteiger charge is -2.37. The van der Waals surface area contributed by atoms with Gasteiger partial charge in [0.25, 0.3) is 0 Å². The van der Waals surface area contributed by atoms with Gasteiger partial charge in [0.1, 0.15) is 6.54 Å². The zero-order valence-corrected chi connectivity index (χ0v) is 17.3. The van der Waals surface area contributed by atoms with E-state index in [1.54, 1.807) is 19.0 Å². The molecule has 2 unspecified atom stereocenters. The smallest absolute Gasteiger partial charge is 0.243 e. The second kappa shape index (κ2) is 10.3. The number of nitrogens with one attached hydrogen (secondary N) is 1. The predicted molar refractivity (Wildman–Crippen MR) is 104 cm³/mol. The average molecular weight is 424 g/mol. The van der Waals surface area contributed by atoms with Gasteiger partial charge in [-0.25, -0.2) is 4.99 Å². The first-order chi connectivity index (χ1) is 9.81. The van der Waals surface area contributed by atoms with Crippen molar-refractivity contribution in [2.75, 3.05) is 40.3 Å². The highest BCUT2D eigenvalue weighted by Crippen LogP contribution is 2.22. The van der Waals surface area contributed by atoms with Crippen molar-refractivity contribution in [3.8, 4) is 0 Å². The fraction of sp³-hybridized carbons (Fsp3) is 0.875. The molecule has 1 fully saturated rings. The Kier molecular flexibility index (Phi) is 10.0. The summed E-state index contributed by atoms with van der Waals surface area (Å²) >= 11 is 0. The summed E-state index contributed by atoms with van der Waals surface area (Å²) in [6.45, 7) is 12.1. The van der Waals surface area contributed by atoms with Gasteiger partial charge in [-0.2, -0.15) is 0 Å². The molecule has 5 nitrogen and oxygen atoms in total. The van der Waals surface area contributed by atoms with Gasteiger partial charge >= 0.3 is 0 Å². The minimum Gasteiger partial charge on any atom is -0.356 e. The van der Waals surface area contributed by atoms with E-state index >= 15 is 0 Å². The van der Waals surface area contributed by atoms with Crippen molar-refractivity contribution in [2.45, 2.75) is 34.1 Å². The fourth-order valence-electron chi connectivity index (χ4n) is 2.30. The third kappa shape index (κ3) is 7.15. The van der Waals surface area contributed by atoms with Crippen LogP contribution >= 0.6 is 24.0 Å². The van der Waals surface area contributed by atoms with Crippen LogP contribution in [0.25, 0.3) is 0 Å². The number of hydrogen-bond donors (Lipinski definition) is 1. The van der Waals surface area contributed by atoms with Crippen molar-refractivity contribution in [1.82, 2.24) is 15.1 Å². The highest BCUT2D eigenvalue weighted by Gasteiger charge is 2.25. The van der Waals surface area contributed by atoms with Gasteiger partial charge in [0.2, 0.25) is 5.91 Å². The summed E-state index contributed by atoms with van der Waals surface area (Å²) in [5.41, 5.74) is 0. The Bertz CT molecular complexity index is 371. The maximum absolute atomic E-state index is 11.8. The van der Waals surface area contributed by atoms with E-state index in [4.69, 9.17) is 0 Å². The minimum absolute atomic E-state index is 0. The fourth-order valence-corrected chi connectivity index (χ4v) is 2.30. The van der Waals surface area contributed by atoms with E-state index < -0.39 is 0 Å². The topological polar surface area (TPSA) is 47.9 Å². The molecule has 1 heterocycles. The van der Waals surface area contributed by atoms with Crippen LogP contribution < -0.4 is 5.32 Å². The van der Waals surface area contributed by atoms with Gasteiger partial charge in [-0.3, -0.25) is 4.79 Å². The number of nitrogens with zero attached hydrogens (tertiary/aromatic N) is 3. The summed E-state index contributed by atoms with van der Waals surface area (Å²) < 4.78 is 0. The lowest BCUT2D eigenvalue weighted by molar-refractivity contribution is -0.127. The van der Waals surface area contributed by atoms with Crippen molar-refractivity contribution < 1.29 is 4.79 Å². The van der Waals surface area contributed by atoms with Crippen LogP contribution in [0.2, 0.25) is 0 Å². The van der Waals surface area contributed by atoms with E-state index in [1.165, 1.54) is 6.42 Å². The van der Waals surface area contributed by atoms with Crippen LogP contribution in [0.1, 0.15) is 34.1 Å². The first-order valence-corrected chi connectivity index (χ1v) is 8.04. The predicted octanol–water partition coefficient (Wildman–Crippen LogP) is 2.27. The molecule has 0 aromatic rings. The van der Waals surface area contributed by atoms with Crippen molar-refractivity contribution in [3.63, 3.8) is 0 Å². The Morgan fingerprint density at radius 1 is 1.32 bits per heavy atom. The van der Waals surface area contributed by atoms with Crippen molar-refractivity contribution in [2.24, 2.45) is 22.7 Å². The van der Waals surface area contributed by atoms with E-state index in [2.05, 4.69) is 42.9 Å². The molecule has 0 radical (unpaired) electrons. The third-order valence-corrected chi connectivity index (χ3v) is 4.16. The van der Waals surface area contributed by atoms with Gasteiger partial charge in [0.15, 0.2) is 5.96 Å². The molecule has 130 valence electrons. The highest BCUT2D eigenvalue weighted by molar-refractivity contribution is 14.0. The van der Waals surface area contributed by atoms with Crippen molar-refractivity contribution in [1.29, 1.82) is 0 Å². The highest BCUT2D eigenvalue weighted by atomic mass is 127. The monoisotopic (exact) mass is 424 g/mol. The lowest BCUT2D eigenvalue weighted by atomic mass is 9.89. The molecule has 0 spiro atoms. The Labute approximate surface area is 152 Å². The Morgan fingerprint density at radius 3 is 2.45 bits per heavy atom. The molecule has 6 heteroatoms. The molecular formula is C16H33IN4O. The molecule has 1 aliphatic rings. The summed E-state index contributed by atoms with van der Waals surface area (Å²) in [5, 5.41) is 3.42. The number of amides is 1. The minimum atomic E-state index is 0. The van der Waals surface area contributed by atoms with Crippen LogP contribution in [0.3, 0.4) is 0 Å². The zero-order chi connectivity index (χ0) is 16.0. The first kappa shape index (κ1) is 21.5. The normalized spacial score (nSPS) is 22.3. The number of carbonyl (C=O) groups excluding carboxylic acids is 1. The molecule has 0 bridgehead atoms. The van der Waals surface area contributed by atoms with Crippen LogP contribution in [0.4, 0.5) is 0 Å². The molecule has 0 saturated carbocycles. The number of halogens is 1. The van der Waals surface area contributed by atoms with Gasteiger partial charge in [0, 0.05) is 33.7 Å². The lowest BCUT2D eigenvalue weighted by Crippen LogP contribution is -2.49. The summed E-state index contributed by atoms with van der Waals surface area (Å²) in [6.07, 6.45) is 1.19. The maximum Gasteiger partial charge on any atom is 0.243 e. The van der Waals surface area contributed by atoms with Crippen LogP contribution in [-0.2, 0) is 4.79 Å². The van der Waals surface area contributed by atoms with Gasteiger partial charge in [-0.15, -0.1) is 24.0 Å². The van der Waals surface area contributed by atoms with Crippen molar-refractivity contribution in [3.05, 3.63) is 0 Å². The van der Waals surface area contributed by atoms with E-state index in [1.807, 2.05) is 0 Å². The van der Waals surface area contributed by atoms with Crippen LogP contribution in [-0.4, -0.2) is 61.9 Å². The maximum atomic E-state index is 11.8. The third-order valence-electron chi connectivity index (χ3n) is 4.16. The Morgan fingerprint density at radius 2 is 1.95 bits per heavy atom. The molecule has 2 atom stereocenters. The van der Waals surface area contributed by atoms with E-state index in [0.717, 1.165) is 31.5 Å². The van der Waals surface area contributed by atoms with E-state index in [9.17, 15) is 4.79 Å². The Balaban J connectivity index is 0.00000441. The number of hydrogen-bond acceptors (Lipinski definition) is 2. The molecule has 22 heavy (non-hydrogen) atoms. The number of carbonyl (C=O) groups is 1. The summed E-state index contributed by atoms with van der Waals surface area (Å²) in [7, 11) is 3.54. The summed E-state index contributed by atoms with van der Waals surface area (Å²) in [5.74, 6) is 2.90. The number of likely N-dealkylation sites (tertiary alicyclic amines) is 1. The van der Waals surface area contributed by atoms with Gasteiger partial charge in [-0.05, 0) is 24.2 Å². The molecule has 1 N–H and O–H groups in total. The zero-order valence-electron chi connectivity index (χ0n) is 14.9. The Hall–Kier alpha value is -0.530. The first-order valence-electron chi connectivity index (χ1n) is 8.04. The molecule has 0 aromatic heterocycles. The van der Waals surface area contributed by atoms with E-state index in [0.29, 0.717) is 11.8 Å². The van der Waals surface area contributed by atoms with Crippen LogP contribution in [0, 0.1) is 17.8 Å². The molecule has 0 aliphatic carbocycles. The second-order valence-corrected chi connectivity index (χ2v) is 6.89. The number of aliphatic imine (C=N–C) groups is 1. The van der Waals surface area contributed by atoms with E-state index in [-0.39, 0.29) is 36.4 Å².